The van der Waals surface area contributed by atoms with Gasteiger partial charge in [-0.2, -0.15) is 0 Å². The van der Waals surface area contributed by atoms with Gasteiger partial charge < -0.3 is 4.57 Å². The molecule has 3 rings (SSSR count). The first-order valence-corrected chi connectivity index (χ1v) is 9.62. The van der Waals surface area contributed by atoms with Crippen molar-refractivity contribution in [2.24, 2.45) is 7.05 Å². The summed E-state index contributed by atoms with van der Waals surface area (Å²) in [7, 11) is -1.75. The number of rotatable bonds is 4. The van der Waals surface area contributed by atoms with Gasteiger partial charge in [-0.05, 0) is 32.9 Å². The van der Waals surface area contributed by atoms with Gasteiger partial charge in [-0.3, -0.25) is 0 Å². The summed E-state index contributed by atoms with van der Waals surface area (Å²) in [5.41, 5.74) is 2.76. The van der Waals surface area contributed by atoms with Gasteiger partial charge in [0, 0.05) is 18.8 Å². The molecule has 0 aliphatic heterocycles. The van der Waals surface area contributed by atoms with E-state index in [1.54, 1.807) is 30.5 Å². The molecule has 0 fully saturated rings. The molecule has 25 heavy (non-hydrogen) atoms. The lowest BCUT2D eigenvalue weighted by atomic mass is 10.2. The van der Waals surface area contributed by atoms with Crippen LogP contribution in [0.3, 0.4) is 0 Å². The van der Waals surface area contributed by atoms with E-state index in [2.05, 4.69) is 4.98 Å². The SMILES string of the molecule is Cc1ccc(S(=O)(=O)C(C)(C)c2nc(-c3ccccc3)cn2C)cc1. The molecule has 0 saturated heterocycles. The summed E-state index contributed by atoms with van der Waals surface area (Å²) in [6.07, 6.45) is 1.87. The van der Waals surface area contributed by atoms with E-state index in [0.717, 1.165) is 16.8 Å². The van der Waals surface area contributed by atoms with E-state index in [1.807, 2.05) is 62.6 Å². The van der Waals surface area contributed by atoms with Gasteiger partial charge in [0.1, 0.15) is 10.6 Å². The molecule has 0 amide bonds. The molecule has 0 aliphatic rings. The zero-order chi connectivity index (χ0) is 18.2. The second-order valence-electron chi connectivity index (χ2n) is 6.75. The van der Waals surface area contributed by atoms with Crippen LogP contribution in [0.5, 0.6) is 0 Å². The van der Waals surface area contributed by atoms with Crippen LogP contribution < -0.4 is 0 Å². The first-order chi connectivity index (χ1) is 11.7. The fourth-order valence-electron chi connectivity index (χ4n) is 2.91. The molecule has 5 heteroatoms. The van der Waals surface area contributed by atoms with Crippen LogP contribution in [0.15, 0.2) is 65.7 Å². The summed E-state index contributed by atoms with van der Waals surface area (Å²) >= 11 is 0. The Kier molecular flexibility index (Phi) is 4.29. The molecule has 130 valence electrons. The average Bonchev–Trinajstić information content (AvgIpc) is 2.98. The lowest BCUT2D eigenvalue weighted by molar-refractivity contribution is 0.535. The van der Waals surface area contributed by atoms with Crippen molar-refractivity contribution in [2.75, 3.05) is 0 Å². The topological polar surface area (TPSA) is 52.0 Å². The van der Waals surface area contributed by atoms with Gasteiger partial charge in [-0.15, -0.1) is 0 Å². The lowest BCUT2D eigenvalue weighted by Crippen LogP contribution is -2.32. The summed E-state index contributed by atoms with van der Waals surface area (Å²) in [5, 5.41) is 0. The highest BCUT2D eigenvalue weighted by atomic mass is 32.2. The highest BCUT2D eigenvalue weighted by Crippen LogP contribution is 2.35. The summed E-state index contributed by atoms with van der Waals surface area (Å²) in [4.78, 5) is 4.96. The number of sulfone groups is 1. The van der Waals surface area contributed by atoms with Gasteiger partial charge in [0.15, 0.2) is 9.84 Å². The Morgan fingerprint density at radius 1 is 0.960 bits per heavy atom. The molecule has 0 atom stereocenters. The predicted molar refractivity (Wildman–Crippen MR) is 100 cm³/mol. The van der Waals surface area contributed by atoms with Crippen molar-refractivity contribution in [1.82, 2.24) is 9.55 Å². The molecule has 0 radical (unpaired) electrons. The minimum Gasteiger partial charge on any atom is -0.336 e. The number of imidazole rings is 1. The molecule has 2 aromatic carbocycles. The molecule has 0 spiro atoms. The van der Waals surface area contributed by atoms with Crippen LogP contribution in [0, 0.1) is 6.92 Å². The molecule has 0 saturated carbocycles. The third-order valence-electron chi connectivity index (χ3n) is 4.49. The van der Waals surface area contributed by atoms with Crippen molar-refractivity contribution < 1.29 is 8.42 Å². The fourth-order valence-corrected chi connectivity index (χ4v) is 4.42. The van der Waals surface area contributed by atoms with Crippen molar-refractivity contribution in [3.8, 4) is 11.3 Å². The number of aryl methyl sites for hydroxylation is 2. The van der Waals surface area contributed by atoms with Crippen LogP contribution >= 0.6 is 0 Å². The van der Waals surface area contributed by atoms with Crippen LogP contribution in [0.1, 0.15) is 25.2 Å². The van der Waals surface area contributed by atoms with E-state index in [-0.39, 0.29) is 0 Å². The summed E-state index contributed by atoms with van der Waals surface area (Å²) in [6.45, 7) is 5.35. The van der Waals surface area contributed by atoms with E-state index in [9.17, 15) is 8.42 Å². The van der Waals surface area contributed by atoms with Crippen LogP contribution in [0.2, 0.25) is 0 Å². The van der Waals surface area contributed by atoms with Crippen molar-refractivity contribution >= 4 is 9.84 Å². The lowest BCUT2D eigenvalue weighted by Gasteiger charge is -2.24. The number of hydrogen-bond acceptors (Lipinski definition) is 3. The third kappa shape index (κ3) is 3.00. The quantitative estimate of drug-likeness (QED) is 0.709. The Bertz CT molecular complexity index is 986. The molecule has 0 bridgehead atoms. The van der Waals surface area contributed by atoms with Gasteiger partial charge in [-0.25, -0.2) is 13.4 Å². The molecular weight excluding hydrogens is 332 g/mol. The Morgan fingerprint density at radius 2 is 1.56 bits per heavy atom. The summed E-state index contributed by atoms with van der Waals surface area (Å²) in [5.74, 6) is 0.520. The maximum atomic E-state index is 13.2. The van der Waals surface area contributed by atoms with Gasteiger partial charge in [-0.1, -0.05) is 48.0 Å². The van der Waals surface area contributed by atoms with E-state index in [4.69, 9.17) is 0 Å². The van der Waals surface area contributed by atoms with Gasteiger partial charge in [0.2, 0.25) is 0 Å². The first kappa shape index (κ1) is 17.4. The second kappa shape index (κ2) is 6.15. The zero-order valence-electron chi connectivity index (χ0n) is 14.9. The van der Waals surface area contributed by atoms with Crippen molar-refractivity contribution in [2.45, 2.75) is 30.4 Å². The van der Waals surface area contributed by atoms with Crippen LogP contribution in [0.4, 0.5) is 0 Å². The molecule has 0 aliphatic carbocycles. The molecule has 3 aromatic rings. The number of aromatic nitrogens is 2. The standard InChI is InChI=1S/C20H22N2O2S/c1-15-10-12-17(13-11-15)25(23,24)20(2,3)19-21-18(14-22(19)4)16-8-6-5-7-9-16/h5-14H,1-4H3. The van der Waals surface area contributed by atoms with E-state index in [0.29, 0.717) is 10.7 Å². The zero-order valence-corrected chi connectivity index (χ0v) is 15.7. The van der Waals surface area contributed by atoms with Crippen LogP contribution in [-0.2, 0) is 21.6 Å². The van der Waals surface area contributed by atoms with Gasteiger partial charge >= 0.3 is 0 Å². The number of benzene rings is 2. The molecular formula is C20H22N2O2S. The monoisotopic (exact) mass is 354 g/mol. The number of hydrogen-bond donors (Lipinski definition) is 0. The summed E-state index contributed by atoms with van der Waals surface area (Å²) < 4.78 is 27.1. The summed E-state index contributed by atoms with van der Waals surface area (Å²) in [6, 6.07) is 16.7. The predicted octanol–water partition coefficient (Wildman–Crippen LogP) is 4.10. The molecule has 1 heterocycles. The molecule has 0 unspecified atom stereocenters. The Hall–Kier alpha value is -2.40. The maximum absolute atomic E-state index is 13.2. The van der Waals surface area contributed by atoms with Crippen LogP contribution in [0.25, 0.3) is 11.3 Å². The van der Waals surface area contributed by atoms with E-state index >= 15 is 0 Å². The minimum absolute atomic E-state index is 0.312. The first-order valence-electron chi connectivity index (χ1n) is 8.14. The maximum Gasteiger partial charge on any atom is 0.190 e. The number of nitrogens with zero attached hydrogens (tertiary/aromatic N) is 2. The highest BCUT2D eigenvalue weighted by molar-refractivity contribution is 7.92. The van der Waals surface area contributed by atoms with Crippen LogP contribution in [-0.4, -0.2) is 18.0 Å². The largest absolute Gasteiger partial charge is 0.336 e. The van der Waals surface area contributed by atoms with E-state index < -0.39 is 14.6 Å². The highest BCUT2D eigenvalue weighted by Gasteiger charge is 2.41. The van der Waals surface area contributed by atoms with Crippen molar-refractivity contribution in [1.29, 1.82) is 0 Å². The average molecular weight is 354 g/mol. The fraction of sp³-hybridized carbons (Fsp3) is 0.250. The minimum atomic E-state index is -3.58. The van der Waals surface area contributed by atoms with E-state index in [1.165, 1.54) is 0 Å². The Balaban J connectivity index is 2.08. The van der Waals surface area contributed by atoms with Crippen molar-refractivity contribution in [3.63, 3.8) is 0 Å². The molecule has 4 nitrogen and oxygen atoms in total. The molecule has 1 aromatic heterocycles. The molecule has 0 N–H and O–H groups in total. The Labute approximate surface area is 149 Å². The van der Waals surface area contributed by atoms with Gasteiger partial charge in [0.25, 0.3) is 0 Å². The smallest absolute Gasteiger partial charge is 0.190 e. The second-order valence-corrected chi connectivity index (χ2v) is 9.25. The normalized spacial score (nSPS) is 12.3. The van der Waals surface area contributed by atoms with Crippen molar-refractivity contribution in [3.05, 3.63) is 72.2 Å². The Morgan fingerprint density at radius 3 is 2.16 bits per heavy atom. The third-order valence-corrected chi connectivity index (χ3v) is 6.91. The van der Waals surface area contributed by atoms with Gasteiger partial charge in [0.05, 0.1) is 10.6 Å².